The molecule has 0 aliphatic carbocycles. The third-order valence-electron chi connectivity index (χ3n) is 4.80. The summed E-state index contributed by atoms with van der Waals surface area (Å²) in [7, 11) is 4.72. The van der Waals surface area contributed by atoms with Gasteiger partial charge in [-0.1, -0.05) is 6.92 Å². The second kappa shape index (κ2) is 8.41. The molecule has 0 saturated carbocycles. The third-order valence-corrected chi connectivity index (χ3v) is 4.80. The number of fused-ring (bicyclic) bond motifs is 3. The molecule has 2 aromatic rings. The van der Waals surface area contributed by atoms with Crippen LogP contribution in [0, 0.1) is 0 Å². The van der Waals surface area contributed by atoms with Crippen LogP contribution >= 0.6 is 0 Å². The summed E-state index contributed by atoms with van der Waals surface area (Å²) in [5.41, 5.74) is 5.64. The highest BCUT2D eigenvalue weighted by molar-refractivity contribution is 5.74. The zero-order valence-electron chi connectivity index (χ0n) is 15.6. The molecule has 0 fully saturated rings. The standard InChI is InChI=1S/C20H24NO4.ClH/c1-5-13-12-21-7-6-14-9-18(23-2)19(24-3)11-16(14)17(21)8-15(13)10-20(22)25-4;/h8-9,11-12H,5-7,10H2,1-4H3;1H/q+1;/p-1. The Labute approximate surface area is 160 Å². The van der Waals surface area contributed by atoms with Crippen LogP contribution in [0.1, 0.15) is 23.6 Å². The van der Waals surface area contributed by atoms with Gasteiger partial charge in [-0.2, -0.15) is 4.57 Å². The first-order chi connectivity index (χ1) is 12.1. The summed E-state index contributed by atoms with van der Waals surface area (Å²) in [5.74, 6) is 1.24. The van der Waals surface area contributed by atoms with Crippen molar-refractivity contribution < 1.29 is 36.0 Å². The maximum atomic E-state index is 11.8. The molecular weight excluding hydrogens is 354 g/mol. The van der Waals surface area contributed by atoms with Crippen molar-refractivity contribution in [3.05, 3.63) is 41.1 Å². The third kappa shape index (κ3) is 3.63. The van der Waals surface area contributed by atoms with E-state index in [9.17, 15) is 4.79 Å². The van der Waals surface area contributed by atoms with E-state index < -0.39 is 0 Å². The molecule has 0 bridgehead atoms. The molecular formula is C20H24ClNO4. The van der Waals surface area contributed by atoms with E-state index in [0.717, 1.165) is 42.0 Å². The predicted octanol–water partition coefficient (Wildman–Crippen LogP) is -0.504. The number of hydrogen-bond acceptors (Lipinski definition) is 4. The van der Waals surface area contributed by atoms with Crippen LogP contribution in [0.3, 0.4) is 0 Å². The Bertz CT molecular complexity index is 820. The molecule has 1 aliphatic rings. The number of nitrogens with zero attached hydrogens (tertiary/aromatic N) is 1. The van der Waals surface area contributed by atoms with E-state index >= 15 is 0 Å². The van der Waals surface area contributed by atoms with E-state index in [0.29, 0.717) is 5.75 Å². The van der Waals surface area contributed by atoms with E-state index in [1.807, 2.05) is 12.1 Å². The van der Waals surface area contributed by atoms with Crippen molar-refractivity contribution in [1.82, 2.24) is 0 Å². The number of ether oxygens (including phenoxy) is 3. The summed E-state index contributed by atoms with van der Waals surface area (Å²) >= 11 is 0. The van der Waals surface area contributed by atoms with Gasteiger partial charge in [0, 0.05) is 18.1 Å². The molecule has 2 heterocycles. The summed E-state index contributed by atoms with van der Waals surface area (Å²) in [6.07, 6.45) is 4.27. The number of pyridine rings is 1. The number of rotatable bonds is 5. The predicted molar refractivity (Wildman–Crippen MR) is 94.0 cm³/mol. The Hall–Kier alpha value is -2.27. The van der Waals surface area contributed by atoms with Crippen LogP contribution in [0.25, 0.3) is 11.3 Å². The lowest BCUT2D eigenvalue weighted by molar-refractivity contribution is -0.688. The molecule has 1 aromatic heterocycles. The number of methoxy groups -OCH3 is 3. The average molecular weight is 378 g/mol. The summed E-state index contributed by atoms with van der Waals surface area (Å²) in [6.45, 7) is 3.01. The highest BCUT2D eigenvalue weighted by Crippen LogP contribution is 2.37. The van der Waals surface area contributed by atoms with Crippen LogP contribution in [-0.4, -0.2) is 27.3 Å². The smallest absolute Gasteiger partial charge is 0.309 e. The van der Waals surface area contributed by atoms with Crippen molar-refractivity contribution >= 4 is 5.97 Å². The van der Waals surface area contributed by atoms with Gasteiger partial charge >= 0.3 is 5.97 Å². The fourth-order valence-electron chi connectivity index (χ4n) is 3.42. The fourth-order valence-corrected chi connectivity index (χ4v) is 3.42. The number of carbonyl (C=O) groups is 1. The minimum Gasteiger partial charge on any atom is -1.00 e. The average Bonchev–Trinajstić information content (AvgIpc) is 2.65. The van der Waals surface area contributed by atoms with E-state index in [-0.39, 0.29) is 24.8 Å². The summed E-state index contributed by atoms with van der Waals surface area (Å²) in [5, 5.41) is 0. The highest BCUT2D eigenvalue weighted by atomic mass is 35.5. The van der Waals surface area contributed by atoms with Crippen LogP contribution in [-0.2, 0) is 35.3 Å². The number of carbonyl (C=O) groups excluding carboxylic acids is 1. The number of aryl methyl sites for hydroxylation is 3. The number of esters is 1. The number of hydrogen-bond donors (Lipinski definition) is 0. The van der Waals surface area contributed by atoms with Gasteiger partial charge in [-0.05, 0) is 29.7 Å². The minimum absolute atomic E-state index is 0. The van der Waals surface area contributed by atoms with Crippen LogP contribution in [0.2, 0.25) is 0 Å². The molecule has 0 radical (unpaired) electrons. The van der Waals surface area contributed by atoms with Gasteiger partial charge in [0.25, 0.3) is 0 Å². The molecule has 0 spiro atoms. The zero-order valence-corrected chi connectivity index (χ0v) is 16.4. The number of aromatic nitrogens is 1. The monoisotopic (exact) mass is 377 g/mol. The quantitative estimate of drug-likeness (QED) is 0.520. The summed E-state index contributed by atoms with van der Waals surface area (Å²) in [4.78, 5) is 11.8. The molecule has 0 N–H and O–H groups in total. The first-order valence-corrected chi connectivity index (χ1v) is 8.48. The highest BCUT2D eigenvalue weighted by Gasteiger charge is 2.27. The normalized spacial score (nSPS) is 11.7. The Morgan fingerprint density at radius 3 is 2.38 bits per heavy atom. The first kappa shape index (κ1) is 20.0. The van der Waals surface area contributed by atoms with Crippen molar-refractivity contribution in [1.29, 1.82) is 0 Å². The van der Waals surface area contributed by atoms with Crippen molar-refractivity contribution in [2.24, 2.45) is 0 Å². The van der Waals surface area contributed by atoms with E-state index in [1.165, 1.54) is 18.2 Å². The van der Waals surface area contributed by atoms with Gasteiger partial charge in [0.2, 0.25) is 5.69 Å². The van der Waals surface area contributed by atoms with Crippen LogP contribution < -0.4 is 26.4 Å². The molecule has 1 aliphatic heterocycles. The van der Waals surface area contributed by atoms with Crippen LogP contribution in [0.15, 0.2) is 24.4 Å². The van der Waals surface area contributed by atoms with E-state index in [2.05, 4.69) is 23.8 Å². The van der Waals surface area contributed by atoms with Gasteiger partial charge < -0.3 is 26.6 Å². The second-order valence-corrected chi connectivity index (χ2v) is 6.12. The maximum absolute atomic E-state index is 11.8. The van der Waals surface area contributed by atoms with Gasteiger partial charge in [0.1, 0.15) is 0 Å². The molecule has 0 unspecified atom stereocenters. The lowest BCUT2D eigenvalue weighted by Crippen LogP contribution is -3.00. The minimum atomic E-state index is -0.219. The molecule has 0 atom stereocenters. The number of halogens is 1. The Kier molecular flexibility index (Phi) is 6.48. The van der Waals surface area contributed by atoms with Gasteiger partial charge in [-0.25, -0.2) is 0 Å². The maximum Gasteiger partial charge on any atom is 0.309 e. The lowest BCUT2D eigenvalue weighted by Gasteiger charge is -2.19. The zero-order chi connectivity index (χ0) is 18.0. The van der Waals surface area contributed by atoms with Crippen molar-refractivity contribution in [3.8, 4) is 22.8 Å². The van der Waals surface area contributed by atoms with Crippen molar-refractivity contribution in [3.63, 3.8) is 0 Å². The van der Waals surface area contributed by atoms with Crippen molar-refractivity contribution in [2.75, 3.05) is 21.3 Å². The van der Waals surface area contributed by atoms with Crippen molar-refractivity contribution in [2.45, 2.75) is 32.7 Å². The van der Waals surface area contributed by atoms with Gasteiger partial charge in [-0.15, -0.1) is 0 Å². The summed E-state index contributed by atoms with van der Waals surface area (Å²) in [6, 6.07) is 6.18. The Morgan fingerprint density at radius 1 is 1.08 bits per heavy atom. The van der Waals surface area contributed by atoms with E-state index in [1.54, 1.807) is 14.2 Å². The fraction of sp³-hybridized carbons (Fsp3) is 0.400. The van der Waals surface area contributed by atoms with Gasteiger partial charge in [0.05, 0.1) is 33.3 Å². The summed E-state index contributed by atoms with van der Waals surface area (Å²) < 4.78 is 18.0. The first-order valence-electron chi connectivity index (χ1n) is 8.48. The molecule has 26 heavy (non-hydrogen) atoms. The van der Waals surface area contributed by atoms with Crippen LogP contribution in [0.4, 0.5) is 0 Å². The SMILES string of the molecule is CCc1c[n+]2c(cc1CC(=O)OC)-c1cc(OC)c(OC)cc1CC2.[Cl-]. The largest absolute Gasteiger partial charge is 1.00 e. The molecule has 5 nitrogen and oxygen atoms in total. The molecule has 0 saturated heterocycles. The Morgan fingerprint density at radius 2 is 1.77 bits per heavy atom. The Balaban J connectivity index is 0.00000243. The topological polar surface area (TPSA) is 48.6 Å². The molecule has 3 rings (SSSR count). The number of benzene rings is 1. The lowest BCUT2D eigenvalue weighted by atomic mass is 9.93. The van der Waals surface area contributed by atoms with Gasteiger partial charge in [0.15, 0.2) is 24.2 Å². The molecule has 6 heteroatoms. The van der Waals surface area contributed by atoms with Gasteiger partial charge in [-0.3, -0.25) is 4.79 Å². The second-order valence-electron chi connectivity index (χ2n) is 6.12. The molecule has 140 valence electrons. The molecule has 1 aromatic carbocycles. The molecule has 0 amide bonds. The van der Waals surface area contributed by atoms with Crippen LogP contribution in [0.5, 0.6) is 11.5 Å². The van der Waals surface area contributed by atoms with E-state index in [4.69, 9.17) is 14.2 Å².